The number of ether oxygens (including phenoxy) is 1. The first kappa shape index (κ1) is 12.4. The average Bonchev–Trinajstić information content (AvgIpc) is 2.22. The van der Waals surface area contributed by atoms with Crippen LogP contribution in [-0.2, 0) is 16.0 Å². The Morgan fingerprint density at radius 2 is 2.25 bits per heavy atom. The van der Waals surface area contributed by atoms with Gasteiger partial charge in [-0.1, -0.05) is 0 Å². The highest BCUT2D eigenvalue weighted by atomic mass is 19.3. The fraction of sp³-hybridized carbons (Fsp3) is 0.400. The van der Waals surface area contributed by atoms with E-state index in [0.717, 1.165) is 0 Å². The maximum absolute atomic E-state index is 12.8. The first-order valence-electron chi connectivity index (χ1n) is 4.56. The Labute approximate surface area is 91.4 Å². The minimum Gasteiger partial charge on any atom is -0.469 e. The summed E-state index contributed by atoms with van der Waals surface area (Å²) in [7, 11) is 1.20. The number of nitrogens with two attached hydrogens (primary N) is 1. The Kier molecular flexibility index (Phi) is 3.76. The molecule has 4 nitrogen and oxygen atoms in total. The summed E-state index contributed by atoms with van der Waals surface area (Å²) in [6.07, 6.45) is -1.62. The van der Waals surface area contributed by atoms with Gasteiger partial charge in [-0.3, -0.25) is 4.79 Å². The molecule has 0 saturated carbocycles. The minimum atomic E-state index is -2.76. The first-order chi connectivity index (χ1) is 7.47. The molecule has 0 atom stereocenters. The van der Waals surface area contributed by atoms with Crippen LogP contribution in [0, 0.1) is 6.92 Å². The van der Waals surface area contributed by atoms with Crippen molar-refractivity contribution < 1.29 is 18.3 Å². The third-order valence-corrected chi connectivity index (χ3v) is 2.24. The van der Waals surface area contributed by atoms with Crippen LogP contribution < -0.4 is 5.73 Å². The number of carbonyl (C=O) groups is 1. The second kappa shape index (κ2) is 4.87. The third-order valence-electron chi connectivity index (χ3n) is 2.24. The number of pyridine rings is 1. The standard InChI is InChI=1S/C10H12F2N2O2/c1-5-4-14-10(13)8(9(11)12)6(5)3-7(15)16-2/h4,9H,3H2,1-2H3,(H2,13,14). The predicted molar refractivity (Wildman–Crippen MR) is 54.1 cm³/mol. The van der Waals surface area contributed by atoms with E-state index in [1.807, 2.05) is 0 Å². The smallest absolute Gasteiger partial charge is 0.310 e. The number of hydrogen-bond donors (Lipinski definition) is 1. The van der Waals surface area contributed by atoms with Crippen LogP contribution in [0.4, 0.5) is 14.6 Å². The Balaban J connectivity index is 3.23. The lowest BCUT2D eigenvalue weighted by Crippen LogP contribution is -2.11. The average molecular weight is 230 g/mol. The SMILES string of the molecule is COC(=O)Cc1c(C)cnc(N)c1C(F)F. The number of aromatic nitrogens is 1. The lowest BCUT2D eigenvalue weighted by Gasteiger charge is -2.12. The molecule has 6 heteroatoms. The van der Waals surface area contributed by atoms with E-state index in [0.29, 0.717) is 5.56 Å². The number of esters is 1. The Morgan fingerprint density at radius 1 is 1.62 bits per heavy atom. The summed E-state index contributed by atoms with van der Waals surface area (Å²) < 4.78 is 29.9. The number of halogens is 2. The summed E-state index contributed by atoms with van der Waals surface area (Å²) in [5.41, 5.74) is 5.67. The Hall–Kier alpha value is -1.72. The number of anilines is 1. The van der Waals surface area contributed by atoms with E-state index in [2.05, 4.69) is 9.72 Å². The molecule has 0 bridgehead atoms. The normalized spacial score (nSPS) is 10.6. The molecule has 0 aliphatic carbocycles. The zero-order valence-electron chi connectivity index (χ0n) is 8.96. The molecule has 0 radical (unpaired) electrons. The molecule has 1 aromatic rings. The monoisotopic (exact) mass is 230 g/mol. The highest BCUT2D eigenvalue weighted by Gasteiger charge is 2.21. The number of aryl methyl sites for hydroxylation is 1. The zero-order valence-corrected chi connectivity index (χ0v) is 8.96. The fourth-order valence-corrected chi connectivity index (χ4v) is 1.38. The van der Waals surface area contributed by atoms with E-state index < -0.39 is 12.4 Å². The molecule has 0 aromatic carbocycles. The van der Waals surface area contributed by atoms with Crippen molar-refractivity contribution in [3.05, 3.63) is 22.9 Å². The van der Waals surface area contributed by atoms with Gasteiger partial charge in [-0.05, 0) is 18.1 Å². The van der Waals surface area contributed by atoms with Crippen molar-refractivity contribution in [3.8, 4) is 0 Å². The second-order valence-electron chi connectivity index (χ2n) is 3.27. The summed E-state index contributed by atoms with van der Waals surface area (Å²) in [4.78, 5) is 14.7. The molecule has 0 aliphatic rings. The summed E-state index contributed by atoms with van der Waals surface area (Å²) in [5.74, 6) is -0.838. The van der Waals surface area contributed by atoms with Gasteiger partial charge in [0.05, 0.1) is 19.1 Å². The van der Waals surface area contributed by atoms with Crippen LogP contribution in [0.25, 0.3) is 0 Å². The number of nitrogens with zero attached hydrogens (tertiary/aromatic N) is 1. The second-order valence-corrected chi connectivity index (χ2v) is 3.27. The van der Waals surface area contributed by atoms with Crippen LogP contribution >= 0.6 is 0 Å². The van der Waals surface area contributed by atoms with E-state index in [1.165, 1.54) is 13.3 Å². The highest BCUT2D eigenvalue weighted by molar-refractivity contribution is 5.74. The van der Waals surface area contributed by atoms with Crippen molar-refractivity contribution in [2.24, 2.45) is 0 Å². The van der Waals surface area contributed by atoms with Crippen molar-refractivity contribution in [2.75, 3.05) is 12.8 Å². The lowest BCUT2D eigenvalue weighted by molar-refractivity contribution is -0.139. The van der Waals surface area contributed by atoms with Crippen molar-refractivity contribution in [2.45, 2.75) is 19.8 Å². The number of rotatable bonds is 3. The van der Waals surface area contributed by atoms with Crippen LogP contribution in [0.3, 0.4) is 0 Å². The molecule has 0 saturated heterocycles. The maximum Gasteiger partial charge on any atom is 0.310 e. The number of hydrogen-bond acceptors (Lipinski definition) is 4. The van der Waals surface area contributed by atoms with Crippen molar-refractivity contribution in [1.82, 2.24) is 4.98 Å². The molecule has 1 heterocycles. The number of alkyl halides is 2. The van der Waals surface area contributed by atoms with Gasteiger partial charge < -0.3 is 10.5 Å². The van der Waals surface area contributed by atoms with Gasteiger partial charge in [0.25, 0.3) is 6.43 Å². The summed E-state index contributed by atoms with van der Waals surface area (Å²) in [6.45, 7) is 1.59. The molecule has 2 N–H and O–H groups in total. The third kappa shape index (κ3) is 2.44. The number of methoxy groups -OCH3 is 1. The molecule has 0 unspecified atom stereocenters. The maximum atomic E-state index is 12.8. The molecule has 1 rings (SSSR count). The molecule has 0 fully saturated rings. The number of carbonyl (C=O) groups excluding carboxylic acids is 1. The Bertz CT molecular complexity index is 408. The van der Waals surface area contributed by atoms with Crippen molar-refractivity contribution in [3.63, 3.8) is 0 Å². The van der Waals surface area contributed by atoms with Crippen LogP contribution in [-0.4, -0.2) is 18.1 Å². The molecular weight excluding hydrogens is 218 g/mol. The summed E-state index contributed by atoms with van der Waals surface area (Å²) in [5, 5.41) is 0. The van der Waals surface area contributed by atoms with Crippen LogP contribution in [0.2, 0.25) is 0 Å². The van der Waals surface area contributed by atoms with E-state index >= 15 is 0 Å². The Morgan fingerprint density at radius 3 is 2.75 bits per heavy atom. The molecule has 0 amide bonds. The van der Waals surface area contributed by atoms with Crippen molar-refractivity contribution >= 4 is 11.8 Å². The van der Waals surface area contributed by atoms with Gasteiger partial charge in [0.15, 0.2) is 0 Å². The van der Waals surface area contributed by atoms with Gasteiger partial charge in [-0.25, -0.2) is 13.8 Å². The van der Waals surface area contributed by atoms with Crippen LogP contribution in [0.1, 0.15) is 23.1 Å². The first-order valence-corrected chi connectivity index (χ1v) is 4.56. The molecular formula is C10H12F2N2O2. The van der Waals surface area contributed by atoms with Crippen LogP contribution in [0.5, 0.6) is 0 Å². The van der Waals surface area contributed by atoms with Crippen molar-refractivity contribution in [1.29, 1.82) is 0 Å². The molecule has 0 aliphatic heterocycles. The fourth-order valence-electron chi connectivity index (χ4n) is 1.38. The predicted octanol–water partition coefficient (Wildman–Crippen LogP) is 1.63. The van der Waals surface area contributed by atoms with Gasteiger partial charge in [-0.2, -0.15) is 0 Å². The number of nitrogen functional groups attached to an aromatic ring is 1. The molecule has 88 valence electrons. The summed E-state index contributed by atoms with van der Waals surface area (Å²) >= 11 is 0. The van der Waals surface area contributed by atoms with Gasteiger partial charge in [0.1, 0.15) is 5.82 Å². The van der Waals surface area contributed by atoms with Gasteiger partial charge in [0.2, 0.25) is 0 Å². The zero-order chi connectivity index (χ0) is 12.3. The van der Waals surface area contributed by atoms with Crippen LogP contribution in [0.15, 0.2) is 6.20 Å². The van der Waals surface area contributed by atoms with E-state index in [4.69, 9.17) is 5.73 Å². The topological polar surface area (TPSA) is 65.2 Å². The quantitative estimate of drug-likeness (QED) is 0.801. The lowest BCUT2D eigenvalue weighted by atomic mass is 10.0. The minimum absolute atomic E-state index is 0.189. The largest absolute Gasteiger partial charge is 0.469 e. The summed E-state index contributed by atoms with van der Waals surface area (Å²) in [6, 6.07) is 0. The van der Waals surface area contributed by atoms with Gasteiger partial charge in [0, 0.05) is 6.20 Å². The van der Waals surface area contributed by atoms with Gasteiger partial charge >= 0.3 is 5.97 Å². The molecule has 1 aromatic heterocycles. The van der Waals surface area contributed by atoms with Gasteiger partial charge in [-0.15, -0.1) is 0 Å². The van der Waals surface area contributed by atoms with E-state index in [1.54, 1.807) is 6.92 Å². The highest BCUT2D eigenvalue weighted by Crippen LogP contribution is 2.29. The molecule has 0 spiro atoms. The van der Waals surface area contributed by atoms with E-state index in [9.17, 15) is 13.6 Å². The van der Waals surface area contributed by atoms with E-state index in [-0.39, 0.29) is 23.4 Å². The molecule has 16 heavy (non-hydrogen) atoms.